The van der Waals surface area contributed by atoms with Crippen molar-refractivity contribution in [3.8, 4) is 11.5 Å². The van der Waals surface area contributed by atoms with E-state index in [-0.39, 0.29) is 29.7 Å². The predicted octanol–water partition coefficient (Wildman–Crippen LogP) is 0.206. The van der Waals surface area contributed by atoms with Crippen LogP contribution in [0.15, 0.2) is 24.0 Å². The molecular formula is C27H33NO12. The third-order valence-corrected chi connectivity index (χ3v) is 8.04. The number of phenols is 1. The van der Waals surface area contributed by atoms with E-state index in [0.29, 0.717) is 18.4 Å². The van der Waals surface area contributed by atoms with E-state index in [2.05, 4.69) is 10.1 Å². The molecule has 0 aromatic heterocycles. The van der Waals surface area contributed by atoms with Gasteiger partial charge in [0.25, 0.3) is 0 Å². The first-order valence-corrected chi connectivity index (χ1v) is 12.9. The molecule has 0 bridgehead atoms. The maximum absolute atomic E-state index is 12.8. The summed E-state index contributed by atoms with van der Waals surface area (Å²) < 4.78 is 21.1. The van der Waals surface area contributed by atoms with E-state index < -0.39 is 65.7 Å². The quantitative estimate of drug-likeness (QED) is 0.191. The number of carboxylic acids is 1. The molecule has 4 rings (SSSR count). The summed E-state index contributed by atoms with van der Waals surface area (Å²) in [6, 6.07) is 2.91. The summed E-state index contributed by atoms with van der Waals surface area (Å²) in [4.78, 5) is 47.8. The number of carbonyl (C=O) groups excluding carboxylic acids is 3. The maximum atomic E-state index is 12.8. The Hall–Kier alpha value is -3.68. The van der Waals surface area contributed by atoms with Gasteiger partial charge in [0, 0.05) is 18.0 Å². The Balaban J connectivity index is 1.49. The standard InChI is InChI=1S/C27H33NO12/c1-5-26-20-14-6-7-15(29)21(20)40-22(26)17(8-9-27(26,36)18(10-14)28-4)39-25(35)16(30)11-19(31)37-13(3)24(34)38-12(2)23(32)33/h6-8,12-13,16,18,22,28-30,36H,5,9-11H2,1-4H3,(H,32,33)/t12-,13-,16-,18+,22-,26-,27+/m0/s1. The van der Waals surface area contributed by atoms with Crippen LogP contribution in [0.4, 0.5) is 0 Å². The normalized spacial score (nSPS) is 28.2. The first-order valence-electron chi connectivity index (χ1n) is 12.9. The molecule has 3 aliphatic rings. The second-order valence-electron chi connectivity index (χ2n) is 10.2. The number of ether oxygens (including phenoxy) is 4. The van der Waals surface area contributed by atoms with Crippen LogP contribution in [0.3, 0.4) is 0 Å². The number of esters is 3. The van der Waals surface area contributed by atoms with Crippen LogP contribution in [0.1, 0.15) is 51.2 Å². The highest BCUT2D eigenvalue weighted by Gasteiger charge is 2.69. The Bertz CT molecular complexity index is 1260. The number of aliphatic hydroxyl groups excluding tert-OH is 1. The summed E-state index contributed by atoms with van der Waals surface area (Å²) in [5.74, 6) is -4.73. The lowest BCUT2D eigenvalue weighted by Crippen LogP contribution is -2.70. The van der Waals surface area contributed by atoms with E-state index >= 15 is 0 Å². The first kappa shape index (κ1) is 29.3. The van der Waals surface area contributed by atoms with E-state index in [4.69, 9.17) is 19.3 Å². The monoisotopic (exact) mass is 563 g/mol. The van der Waals surface area contributed by atoms with Crippen molar-refractivity contribution in [1.29, 1.82) is 0 Å². The average molecular weight is 564 g/mol. The summed E-state index contributed by atoms with van der Waals surface area (Å²) in [5.41, 5.74) is -0.909. The first-order chi connectivity index (χ1) is 18.8. The minimum Gasteiger partial charge on any atom is -0.504 e. The molecule has 1 aliphatic heterocycles. The van der Waals surface area contributed by atoms with Crippen LogP contribution in [0.25, 0.3) is 0 Å². The lowest BCUT2D eigenvalue weighted by Gasteiger charge is -2.56. The van der Waals surface area contributed by atoms with Gasteiger partial charge in [-0.15, -0.1) is 0 Å². The molecule has 13 heteroatoms. The number of carboxylic acid groups (broad SMARTS) is 1. The fourth-order valence-corrected chi connectivity index (χ4v) is 6.02. The second-order valence-corrected chi connectivity index (χ2v) is 10.2. The molecular weight excluding hydrogens is 530 g/mol. The topological polar surface area (TPSA) is 198 Å². The fraction of sp³-hybridized carbons (Fsp3) is 0.556. The van der Waals surface area contributed by atoms with Crippen LogP contribution in [0.2, 0.25) is 0 Å². The highest BCUT2D eigenvalue weighted by molar-refractivity contribution is 5.85. The zero-order chi connectivity index (χ0) is 29.6. The molecule has 7 atom stereocenters. The van der Waals surface area contributed by atoms with Crippen LogP contribution < -0.4 is 10.1 Å². The molecule has 0 spiro atoms. The molecule has 1 heterocycles. The van der Waals surface area contributed by atoms with Gasteiger partial charge >= 0.3 is 23.9 Å². The van der Waals surface area contributed by atoms with Crippen molar-refractivity contribution >= 4 is 23.9 Å². The van der Waals surface area contributed by atoms with Crippen LogP contribution in [0.5, 0.6) is 11.5 Å². The van der Waals surface area contributed by atoms with Crippen LogP contribution in [-0.2, 0) is 45.2 Å². The number of benzene rings is 1. The van der Waals surface area contributed by atoms with E-state index in [1.807, 2.05) is 6.92 Å². The number of aliphatic carboxylic acids is 1. The Morgan fingerprint density at radius 3 is 2.48 bits per heavy atom. The summed E-state index contributed by atoms with van der Waals surface area (Å²) >= 11 is 0. The van der Waals surface area contributed by atoms with Crippen molar-refractivity contribution in [1.82, 2.24) is 5.32 Å². The molecule has 0 radical (unpaired) electrons. The third-order valence-electron chi connectivity index (χ3n) is 8.04. The summed E-state index contributed by atoms with van der Waals surface area (Å²) in [6.07, 6.45) is -4.36. The predicted molar refractivity (Wildman–Crippen MR) is 134 cm³/mol. The van der Waals surface area contributed by atoms with Gasteiger partial charge in [-0.05, 0) is 51.4 Å². The Morgan fingerprint density at radius 2 is 1.85 bits per heavy atom. The van der Waals surface area contributed by atoms with Crippen LogP contribution in [-0.4, -0.2) is 87.4 Å². The SMILES string of the molecule is CC[C@]12c3c4ccc(O)c3O[C@H]1C(OC(=O)[C@@H](O)CC(=O)O[C@@H](C)C(=O)O[C@@H](C)C(=O)O)=CC[C@@]2(O)[C@H](NC)C4. The van der Waals surface area contributed by atoms with Gasteiger partial charge < -0.3 is 44.7 Å². The van der Waals surface area contributed by atoms with Gasteiger partial charge in [0.05, 0.1) is 17.4 Å². The summed E-state index contributed by atoms with van der Waals surface area (Å²) in [7, 11) is 1.74. The number of hydrogen-bond donors (Lipinski definition) is 5. The molecule has 0 amide bonds. The average Bonchev–Trinajstić information content (AvgIpc) is 3.28. The van der Waals surface area contributed by atoms with Crippen LogP contribution >= 0.6 is 0 Å². The van der Waals surface area contributed by atoms with Gasteiger partial charge in [0.15, 0.2) is 35.9 Å². The molecule has 1 aromatic rings. The van der Waals surface area contributed by atoms with Crippen molar-refractivity contribution in [2.45, 2.75) is 87.9 Å². The highest BCUT2D eigenvalue weighted by atomic mass is 16.6. The van der Waals surface area contributed by atoms with Crippen LogP contribution in [0, 0.1) is 0 Å². The molecule has 13 nitrogen and oxygen atoms in total. The zero-order valence-corrected chi connectivity index (χ0v) is 22.5. The molecule has 2 aliphatic carbocycles. The summed E-state index contributed by atoms with van der Waals surface area (Å²) in [6.45, 7) is 4.14. The molecule has 1 aromatic carbocycles. The number of likely N-dealkylation sites (N-methyl/N-ethyl adjacent to an activating group) is 1. The minimum absolute atomic E-state index is 0.0156. The van der Waals surface area contributed by atoms with E-state index in [0.717, 1.165) is 19.4 Å². The van der Waals surface area contributed by atoms with Gasteiger partial charge in [-0.2, -0.15) is 0 Å². The maximum Gasteiger partial charge on any atom is 0.347 e. The lowest BCUT2D eigenvalue weighted by atomic mass is 9.52. The molecule has 40 heavy (non-hydrogen) atoms. The number of hydrogen-bond acceptors (Lipinski definition) is 12. The molecule has 0 saturated carbocycles. The Labute approximate surface area is 229 Å². The molecule has 218 valence electrons. The largest absolute Gasteiger partial charge is 0.504 e. The number of aliphatic hydroxyl groups is 2. The number of phenolic OH excluding ortho intramolecular Hbond substituents is 1. The van der Waals surface area contributed by atoms with Crippen molar-refractivity contribution in [2.24, 2.45) is 0 Å². The van der Waals surface area contributed by atoms with Crippen molar-refractivity contribution < 1.29 is 58.6 Å². The number of carbonyl (C=O) groups is 4. The Morgan fingerprint density at radius 1 is 1.15 bits per heavy atom. The number of nitrogens with one attached hydrogen (secondary N) is 1. The molecule has 0 saturated heterocycles. The van der Waals surface area contributed by atoms with E-state index in [1.165, 1.54) is 12.1 Å². The Kier molecular flexibility index (Phi) is 7.85. The van der Waals surface area contributed by atoms with E-state index in [1.54, 1.807) is 13.1 Å². The number of rotatable bonds is 10. The second kappa shape index (κ2) is 10.7. The summed E-state index contributed by atoms with van der Waals surface area (Å²) in [5, 5.41) is 45.0. The van der Waals surface area contributed by atoms with Gasteiger partial charge in [0.1, 0.15) is 5.76 Å². The van der Waals surface area contributed by atoms with Gasteiger partial charge in [0.2, 0.25) is 0 Å². The van der Waals surface area contributed by atoms with E-state index in [9.17, 15) is 34.5 Å². The van der Waals surface area contributed by atoms with Crippen molar-refractivity contribution in [3.63, 3.8) is 0 Å². The highest BCUT2D eigenvalue weighted by Crippen LogP contribution is 2.63. The van der Waals surface area contributed by atoms with Gasteiger partial charge in [-0.1, -0.05) is 13.0 Å². The zero-order valence-electron chi connectivity index (χ0n) is 22.5. The molecule has 0 unspecified atom stereocenters. The van der Waals surface area contributed by atoms with Crippen molar-refractivity contribution in [2.75, 3.05) is 7.05 Å². The smallest absolute Gasteiger partial charge is 0.347 e. The fourth-order valence-electron chi connectivity index (χ4n) is 6.02. The lowest BCUT2D eigenvalue weighted by molar-refractivity contribution is -0.176. The minimum atomic E-state index is -1.97. The van der Waals surface area contributed by atoms with Gasteiger partial charge in [-0.3, -0.25) is 4.79 Å². The van der Waals surface area contributed by atoms with Crippen molar-refractivity contribution in [3.05, 3.63) is 35.1 Å². The third kappa shape index (κ3) is 4.57. The molecule has 5 N–H and O–H groups in total. The van der Waals surface area contributed by atoms with Gasteiger partial charge in [-0.25, -0.2) is 14.4 Å². The number of aromatic hydroxyl groups is 1. The molecule has 0 fully saturated rings.